The molecule has 0 N–H and O–H groups in total. The highest BCUT2D eigenvalue weighted by Crippen LogP contribution is 2.37. The molecule has 1 atom stereocenters. The van der Waals surface area contributed by atoms with Gasteiger partial charge in [0.1, 0.15) is 17.6 Å². The van der Waals surface area contributed by atoms with Gasteiger partial charge in [-0.3, -0.25) is 19.7 Å². The third-order valence-electron chi connectivity index (χ3n) is 4.21. The Bertz CT molecular complexity index is 1120. The molecule has 0 spiro atoms. The Balaban J connectivity index is 2.26. The summed E-state index contributed by atoms with van der Waals surface area (Å²) in [7, 11) is 1.35. The van der Waals surface area contributed by atoms with Crippen LogP contribution >= 0.6 is 11.6 Å². The van der Waals surface area contributed by atoms with Gasteiger partial charge in [-0.1, -0.05) is 11.6 Å². The fraction of sp³-hybridized carbons (Fsp3) is 0.286. The topological polar surface area (TPSA) is 122 Å². The number of nitro benzene ring substituents is 1. The second kappa shape index (κ2) is 11.1. The minimum Gasteiger partial charge on any atom is -0.456 e. The average molecular weight is 504 g/mol. The number of alkyl halides is 3. The number of nitro groups is 1. The predicted molar refractivity (Wildman–Crippen MR) is 111 cm³/mol. The molecule has 2 aromatic rings. The van der Waals surface area contributed by atoms with E-state index < -0.39 is 63.0 Å². The third kappa shape index (κ3) is 6.99. The number of halogens is 4. The molecule has 13 heteroatoms. The zero-order valence-corrected chi connectivity index (χ0v) is 18.4. The first-order chi connectivity index (χ1) is 15.8. The maximum Gasteiger partial charge on any atom is 0.416 e. The summed E-state index contributed by atoms with van der Waals surface area (Å²) in [6, 6.07) is 5.20. The molecule has 0 aliphatic carbocycles. The molecule has 9 nitrogen and oxygen atoms in total. The van der Waals surface area contributed by atoms with Crippen molar-refractivity contribution in [3.8, 4) is 11.5 Å². The average Bonchev–Trinajstić information content (AvgIpc) is 2.74. The van der Waals surface area contributed by atoms with Crippen molar-refractivity contribution in [2.24, 2.45) is 0 Å². The van der Waals surface area contributed by atoms with Gasteiger partial charge in [-0.25, -0.2) is 4.79 Å². The van der Waals surface area contributed by atoms with Gasteiger partial charge < -0.3 is 14.2 Å². The van der Waals surface area contributed by atoms with Gasteiger partial charge in [-0.05, 0) is 37.3 Å². The fourth-order valence-electron chi connectivity index (χ4n) is 2.68. The Hall–Kier alpha value is -3.51. The van der Waals surface area contributed by atoms with E-state index in [4.69, 9.17) is 25.8 Å². The van der Waals surface area contributed by atoms with Crippen LogP contribution in [0, 0.1) is 10.1 Å². The number of hydrogen-bond acceptors (Lipinski definition) is 8. The van der Waals surface area contributed by atoms with Gasteiger partial charge >= 0.3 is 12.1 Å². The number of Topliss-reactive ketones (excluding diaryl/α,β-unsaturated/α-hetero) is 2. The summed E-state index contributed by atoms with van der Waals surface area (Å²) >= 11 is 5.83. The highest BCUT2D eigenvalue weighted by molar-refractivity contribution is 6.38. The van der Waals surface area contributed by atoms with E-state index in [-0.39, 0.29) is 18.1 Å². The zero-order valence-electron chi connectivity index (χ0n) is 17.7. The maximum absolute atomic E-state index is 12.8. The number of methoxy groups -OCH3 is 1. The van der Waals surface area contributed by atoms with E-state index in [0.29, 0.717) is 12.1 Å². The van der Waals surface area contributed by atoms with Crippen LogP contribution in [-0.4, -0.2) is 42.3 Å². The number of carbonyl (C=O) groups is 3. The maximum atomic E-state index is 12.8. The summed E-state index contributed by atoms with van der Waals surface area (Å²) in [5, 5.41) is 10.9. The summed E-state index contributed by atoms with van der Waals surface area (Å²) in [5.74, 6) is -4.02. The van der Waals surface area contributed by atoms with Crippen LogP contribution in [-0.2, 0) is 25.2 Å². The molecule has 2 rings (SSSR count). The Morgan fingerprint density at radius 3 is 2.38 bits per heavy atom. The van der Waals surface area contributed by atoms with E-state index in [0.717, 1.165) is 24.3 Å². The largest absolute Gasteiger partial charge is 0.456 e. The van der Waals surface area contributed by atoms with E-state index in [9.17, 15) is 37.7 Å². The lowest BCUT2D eigenvalue weighted by Crippen LogP contribution is -2.27. The minimum atomic E-state index is -4.63. The Morgan fingerprint density at radius 1 is 1.15 bits per heavy atom. The molecular weight excluding hydrogens is 487 g/mol. The molecule has 0 bridgehead atoms. The molecule has 0 radical (unpaired) electrons. The van der Waals surface area contributed by atoms with E-state index in [1.807, 2.05) is 0 Å². The molecule has 0 amide bonds. The number of benzene rings is 2. The number of esters is 1. The molecule has 0 fully saturated rings. The number of nitrogens with zero attached hydrogens (tertiary/aromatic N) is 1. The molecule has 1 unspecified atom stereocenters. The van der Waals surface area contributed by atoms with Crippen molar-refractivity contribution < 1.29 is 46.7 Å². The summed E-state index contributed by atoms with van der Waals surface area (Å²) in [6.45, 7) is 1.46. The van der Waals surface area contributed by atoms with Crippen molar-refractivity contribution in [3.63, 3.8) is 0 Å². The van der Waals surface area contributed by atoms with Crippen molar-refractivity contribution in [3.05, 3.63) is 62.7 Å². The van der Waals surface area contributed by atoms with Crippen LogP contribution < -0.4 is 4.74 Å². The van der Waals surface area contributed by atoms with Crippen LogP contribution in [0.1, 0.15) is 29.3 Å². The Labute approximate surface area is 195 Å². The molecule has 2 aromatic carbocycles. The summed E-state index contributed by atoms with van der Waals surface area (Å²) < 4.78 is 53.3. The van der Waals surface area contributed by atoms with Crippen LogP contribution in [0.4, 0.5) is 18.9 Å². The van der Waals surface area contributed by atoms with Gasteiger partial charge in [0.05, 0.1) is 34.1 Å². The lowest BCUT2D eigenvalue weighted by Gasteiger charge is -2.12. The van der Waals surface area contributed by atoms with E-state index in [1.165, 1.54) is 14.0 Å². The standard InChI is InChI=1S/C21H17ClF3NO8/c1-11(10-32-2)33-20(29)18(28)9-17(27)14-8-13(4-5-16(14)26(30)31)34-19-6-3-12(7-15(19)22)21(23,24)25/h3-8,11H,9-10H2,1-2H3. The lowest BCUT2D eigenvalue weighted by atomic mass is 10.0. The second-order valence-corrected chi connectivity index (χ2v) is 7.28. The second-order valence-electron chi connectivity index (χ2n) is 6.88. The Kier molecular flexibility index (Phi) is 8.71. The minimum absolute atomic E-state index is 0.00430. The van der Waals surface area contributed by atoms with Crippen molar-refractivity contribution in [2.45, 2.75) is 25.6 Å². The van der Waals surface area contributed by atoms with Gasteiger partial charge in [0.2, 0.25) is 5.78 Å². The van der Waals surface area contributed by atoms with Crippen LogP contribution in [0.3, 0.4) is 0 Å². The summed E-state index contributed by atoms with van der Waals surface area (Å²) in [4.78, 5) is 46.8. The van der Waals surface area contributed by atoms with E-state index in [2.05, 4.69) is 0 Å². The Morgan fingerprint density at radius 2 is 1.82 bits per heavy atom. The van der Waals surface area contributed by atoms with Crippen molar-refractivity contribution in [1.29, 1.82) is 0 Å². The highest BCUT2D eigenvalue weighted by Gasteiger charge is 2.31. The van der Waals surface area contributed by atoms with Crippen LogP contribution in [0.5, 0.6) is 11.5 Å². The number of carbonyl (C=O) groups excluding carboxylic acids is 3. The van der Waals surface area contributed by atoms with E-state index >= 15 is 0 Å². The summed E-state index contributed by atoms with van der Waals surface area (Å²) in [5.41, 5.74) is -2.25. The van der Waals surface area contributed by atoms with Crippen molar-refractivity contribution >= 4 is 34.8 Å². The van der Waals surface area contributed by atoms with E-state index in [1.54, 1.807) is 0 Å². The van der Waals surface area contributed by atoms with Crippen molar-refractivity contribution in [1.82, 2.24) is 0 Å². The van der Waals surface area contributed by atoms with Gasteiger partial charge in [0.25, 0.3) is 5.69 Å². The SMILES string of the molecule is COCC(C)OC(=O)C(=O)CC(=O)c1cc(Oc2ccc(C(F)(F)F)cc2Cl)ccc1[N+](=O)[O-]. The number of rotatable bonds is 10. The van der Waals surface area contributed by atoms with Gasteiger partial charge in [-0.2, -0.15) is 13.2 Å². The van der Waals surface area contributed by atoms with Gasteiger partial charge in [0.15, 0.2) is 5.78 Å². The number of ketones is 2. The van der Waals surface area contributed by atoms with Crippen LogP contribution in [0.25, 0.3) is 0 Å². The highest BCUT2D eigenvalue weighted by atomic mass is 35.5. The molecule has 0 aliphatic rings. The molecule has 0 aliphatic heterocycles. The first-order valence-corrected chi connectivity index (χ1v) is 9.80. The van der Waals surface area contributed by atoms with Gasteiger partial charge in [-0.15, -0.1) is 0 Å². The monoisotopic (exact) mass is 503 g/mol. The van der Waals surface area contributed by atoms with Crippen LogP contribution in [0.15, 0.2) is 36.4 Å². The smallest absolute Gasteiger partial charge is 0.416 e. The fourth-order valence-corrected chi connectivity index (χ4v) is 2.90. The molecule has 0 saturated heterocycles. The number of ether oxygens (including phenoxy) is 3. The van der Waals surface area contributed by atoms with Crippen LogP contribution in [0.2, 0.25) is 5.02 Å². The molecule has 0 saturated carbocycles. The normalized spacial score (nSPS) is 12.1. The summed E-state index contributed by atoms with van der Waals surface area (Å²) in [6.07, 6.45) is -6.43. The first-order valence-electron chi connectivity index (χ1n) is 9.42. The molecular formula is C21H17ClF3NO8. The molecule has 182 valence electrons. The molecule has 0 aromatic heterocycles. The quantitative estimate of drug-likeness (QED) is 0.113. The van der Waals surface area contributed by atoms with Gasteiger partial charge in [0, 0.05) is 13.2 Å². The molecule has 34 heavy (non-hydrogen) atoms. The lowest BCUT2D eigenvalue weighted by molar-refractivity contribution is -0.385. The van der Waals surface area contributed by atoms with Crippen molar-refractivity contribution in [2.75, 3.05) is 13.7 Å². The predicted octanol–water partition coefficient (Wildman–Crippen LogP) is 4.78. The first kappa shape index (κ1) is 26.7. The zero-order chi connectivity index (χ0) is 25.6. The third-order valence-corrected chi connectivity index (χ3v) is 4.51. The number of hydrogen-bond donors (Lipinski definition) is 0. The molecule has 0 heterocycles.